The van der Waals surface area contributed by atoms with E-state index in [0.717, 1.165) is 16.8 Å². The zero-order valence-electron chi connectivity index (χ0n) is 16.8. The van der Waals surface area contributed by atoms with Crippen LogP contribution in [0.5, 0.6) is 0 Å². The second kappa shape index (κ2) is 9.32. The van der Waals surface area contributed by atoms with Crippen molar-refractivity contribution in [2.45, 2.75) is 31.2 Å². The summed E-state index contributed by atoms with van der Waals surface area (Å²) in [4.78, 5) is 23.7. The van der Waals surface area contributed by atoms with Crippen molar-refractivity contribution in [3.8, 4) is 17.1 Å². The average molecular weight is 444 g/mol. The smallest absolute Gasteiger partial charge is 0.318 e. The molecule has 3 aromatic rings. The molecule has 3 N–H and O–H groups in total. The summed E-state index contributed by atoms with van der Waals surface area (Å²) in [5.41, 5.74) is 7.91. The van der Waals surface area contributed by atoms with Crippen molar-refractivity contribution in [2.24, 2.45) is 11.7 Å². The van der Waals surface area contributed by atoms with Gasteiger partial charge in [-0.05, 0) is 54.8 Å². The molecule has 3 rings (SSSR count). The van der Waals surface area contributed by atoms with E-state index in [1.165, 1.54) is 11.8 Å². The Kier molecular flexibility index (Phi) is 6.79. The first-order chi connectivity index (χ1) is 14.3. The van der Waals surface area contributed by atoms with Gasteiger partial charge in [0.05, 0.1) is 5.25 Å². The van der Waals surface area contributed by atoms with E-state index in [-0.39, 0.29) is 5.92 Å². The summed E-state index contributed by atoms with van der Waals surface area (Å²) in [6, 6.07) is 14.3. The van der Waals surface area contributed by atoms with Crippen LogP contribution in [0.1, 0.15) is 19.4 Å². The van der Waals surface area contributed by atoms with E-state index in [2.05, 4.69) is 15.5 Å². The van der Waals surface area contributed by atoms with Crippen LogP contribution >= 0.6 is 23.4 Å². The number of rotatable bonds is 6. The number of carbonyl (C=O) groups excluding carboxylic acids is 2. The van der Waals surface area contributed by atoms with Gasteiger partial charge in [-0.15, -0.1) is 10.2 Å². The Bertz CT molecular complexity index is 1070. The molecule has 7 nitrogen and oxygen atoms in total. The minimum atomic E-state index is -0.881. The highest BCUT2D eigenvalue weighted by molar-refractivity contribution is 8.00. The molecule has 0 spiro atoms. The molecule has 0 fully saturated rings. The molecule has 1 atom stereocenters. The Labute approximate surface area is 184 Å². The first-order valence-electron chi connectivity index (χ1n) is 9.31. The van der Waals surface area contributed by atoms with Crippen LogP contribution in [0.15, 0.2) is 53.7 Å². The highest BCUT2D eigenvalue weighted by Crippen LogP contribution is 2.33. The number of urea groups is 1. The van der Waals surface area contributed by atoms with Crippen LogP contribution in [0, 0.1) is 12.8 Å². The van der Waals surface area contributed by atoms with Gasteiger partial charge in [-0.25, -0.2) is 4.79 Å². The fourth-order valence-electron chi connectivity index (χ4n) is 2.93. The van der Waals surface area contributed by atoms with E-state index in [4.69, 9.17) is 17.3 Å². The number of nitrogens with two attached hydrogens (primary N) is 1. The maximum absolute atomic E-state index is 12.5. The van der Waals surface area contributed by atoms with E-state index in [1.54, 1.807) is 12.1 Å². The largest absolute Gasteiger partial charge is 0.351 e. The average Bonchev–Trinajstić information content (AvgIpc) is 3.09. The van der Waals surface area contributed by atoms with Gasteiger partial charge in [0, 0.05) is 16.3 Å². The molecule has 0 saturated heterocycles. The molecule has 0 aliphatic carbocycles. The van der Waals surface area contributed by atoms with Crippen molar-refractivity contribution in [1.82, 2.24) is 20.1 Å². The molecule has 0 aliphatic heterocycles. The predicted octanol–water partition coefficient (Wildman–Crippen LogP) is 4.21. The number of imide groups is 1. The van der Waals surface area contributed by atoms with Crippen molar-refractivity contribution in [3.63, 3.8) is 0 Å². The quantitative estimate of drug-likeness (QED) is 0.555. The van der Waals surface area contributed by atoms with Gasteiger partial charge in [0.1, 0.15) is 0 Å². The lowest BCUT2D eigenvalue weighted by molar-refractivity contribution is -0.120. The maximum Gasteiger partial charge on any atom is 0.318 e. The molecule has 3 amide bonds. The summed E-state index contributed by atoms with van der Waals surface area (Å²) in [6.45, 7) is 5.79. The normalized spacial score (nSPS) is 12.0. The molecule has 1 aromatic heterocycles. The zero-order valence-corrected chi connectivity index (χ0v) is 18.4. The first-order valence-corrected chi connectivity index (χ1v) is 10.6. The topological polar surface area (TPSA) is 103 Å². The molecule has 9 heteroatoms. The number of thioether (sulfide) groups is 1. The number of amides is 3. The van der Waals surface area contributed by atoms with Crippen molar-refractivity contribution in [2.75, 3.05) is 0 Å². The standard InChI is InChI=1S/C21H22ClN5O2S/c1-12(2)17(19(28)24-20(23)29)30-21-26-25-18(14-7-9-15(22)10-8-14)27(21)16-6-4-5-13(3)11-16/h4-12,17H,1-3H3,(H3,23,24,28,29). The fraction of sp³-hybridized carbons (Fsp3) is 0.238. The second-order valence-electron chi connectivity index (χ2n) is 7.12. The van der Waals surface area contributed by atoms with Crippen molar-refractivity contribution < 1.29 is 9.59 Å². The third kappa shape index (κ3) is 5.01. The minimum absolute atomic E-state index is 0.0732. The maximum atomic E-state index is 12.5. The molecule has 30 heavy (non-hydrogen) atoms. The molecule has 0 bridgehead atoms. The van der Waals surface area contributed by atoms with Crippen molar-refractivity contribution in [3.05, 3.63) is 59.1 Å². The zero-order chi connectivity index (χ0) is 21.8. The molecule has 0 radical (unpaired) electrons. The van der Waals surface area contributed by atoms with E-state index >= 15 is 0 Å². The second-order valence-corrected chi connectivity index (χ2v) is 8.67. The van der Waals surface area contributed by atoms with Crippen LogP contribution in [0.4, 0.5) is 4.79 Å². The number of nitrogens with zero attached hydrogens (tertiary/aromatic N) is 3. The number of halogens is 1. The highest BCUT2D eigenvalue weighted by Gasteiger charge is 2.28. The number of hydrogen-bond acceptors (Lipinski definition) is 5. The highest BCUT2D eigenvalue weighted by atomic mass is 35.5. The summed E-state index contributed by atoms with van der Waals surface area (Å²) in [6.07, 6.45) is 0. The first kappa shape index (κ1) is 21.9. The van der Waals surface area contributed by atoms with Gasteiger partial charge >= 0.3 is 6.03 Å². The Hall–Kier alpha value is -2.84. The Balaban J connectivity index is 2.09. The molecule has 156 valence electrons. The van der Waals surface area contributed by atoms with Gasteiger partial charge in [0.15, 0.2) is 11.0 Å². The van der Waals surface area contributed by atoms with E-state index in [0.29, 0.717) is 16.0 Å². The van der Waals surface area contributed by atoms with Gasteiger partial charge in [-0.2, -0.15) is 0 Å². The lowest BCUT2D eigenvalue weighted by Crippen LogP contribution is -2.42. The van der Waals surface area contributed by atoms with Crippen molar-refractivity contribution >= 4 is 35.3 Å². The number of benzene rings is 2. The number of hydrogen-bond donors (Lipinski definition) is 2. The van der Waals surface area contributed by atoms with Crippen LogP contribution in [0.25, 0.3) is 17.1 Å². The summed E-state index contributed by atoms with van der Waals surface area (Å²) in [5, 5.41) is 11.5. The third-order valence-electron chi connectivity index (χ3n) is 4.34. The predicted molar refractivity (Wildman–Crippen MR) is 119 cm³/mol. The number of aromatic nitrogens is 3. The van der Waals surface area contributed by atoms with Gasteiger partial charge in [-0.3, -0.25) is 14.7 Å². The molecule has 0 aliphatic rings. The van der Waals surface area contributed by atoms with Gasteiger partial charge in [0.2, 0.25) is 5.91 Å². The Morgan fingerprint density at radius 1 is 1.13 bits per heavy atom. The van der Waals surface area contributed by atoms with Crippen LogP contribution in [-0.4, -0.2) is 32.0 Å². The number of primary amides is 1. The molecule has 2 aromatic carbocycles. The molecule has 1 heterocycles. The minimum Gasteiger partial charge on any atom is -0.351 e. The summed E-state index contributed by atoms with van der Waals surface area (Å²) >= 11 is 7.27. The van der Waals surface area contributed by atoms with Crippen LogP contribution < -0.4 is 11.1 Å². The Morgan fingerprint density at radius 3 is 2.43 bits per heavy atom. The van der Waals surface area contributed by atoms with Crippen LogP contribution in [-0.2, 0) is 4.79 Å². The van der Waals surface area contributed by atoms with Gasteiger partial charge in [0.25, 0.3) is 0 Å². The monoisotopic (exact) mass is 443 g/mol. The van der Waals surface area contributed by atoms with E-state index in [1.807, 2.05) is 61.7 Å². The lowest BCUT2D eigenvalue weighted by atomic mass is 10.1. The van der Waals surface area contributed by atoms with E-state index < -0.39 is 17.2 Å². The number of aryl methyl sites for hydroxylation is 1. The number of carbonyl (C=O) groups is 2. The Morgan fingerprint density at radius 2 is 1.83 bits per heavy atom. The molecular formula is C21H22ClN5O2S. The van der Waals surface area contributed by atoms with Gasteiger partial charge < -0.3 is 5.73 Å². The fourth-order valence-corrected chi connectivity index (χ4v) is 4.11. The van der Waals surface area contributed by atoms with Crippen LogP contribution in [0.3, 0.4) is 0 Å². The lowest BCUT2D eigenvalue weighted by Gasteiger charge is -2.19. The summed E-state index contributed by atoms with van der Waals surface area (Å²) < 4.78 is 1.90. The molecule has 1 unspecified atom stereocenters. The molecule has 0 saturated carbocycles. The summed E-state index contributed by atoms with van der Waals surface area (Å²) in [5.74, 6) is 0.0860. The number of nitrogens with one attached hydrogen (secondary N) is 1. The van der Waals surface area contributed by atoms with Crippen LogP contribution in [0.2, 0.25) is 5.02 Å². The molecular weight excluding hydrogens is 422 g/mol. The third-order valence-corrected chi connectivity index (χ3v) is 6.08. The SMILES string of the molecule is Cc1cccc(-n2c(SC(C(=O)NC(N)=O)C(C)C)nnc2-c2ccc(Cl)cc2)c1. The van der Waals surface area contributed by atoms with Crippen molar-refractivity contribution in [1.29, 1.82) is 0 Å². The summed E-state index contributed by atoms with van der Waals surface area (Å²) in [7, 11) is 0. The van der Waals surface area contributed by atoms with Gasteiger partial charge in [-0.1, -0.05) is 49.3 Å². The van der Waals surface area contributed by atoms with E-state index in [9.17, 15) is 9.59 Å².